The summed E-state index contributed by atoms with van der Waals surface area (Å²) in [6, 6.07) is 8.11. The maximum Gasteiger partial charge on any atom is 0.124 e. The molecule has 0 spiro atoms. The largest absolute Gasteiger partial charge is 0.493 e. The molecule has 0 aliphatic carbocycles. The van der Waals surface area contributed by atoms with Crippen LogP contribution in [0.2, 0.25) is 0 Å². The number of benzene rings is 1. The van der Waals surface area contributed by atoms with Crippen molar-refractivity contribution in [3.05, 3.63) is 29.8 Å². The molecule has 0 aliphatic rings. The number of ether oxygens (including phenoxy) is 1. The van der Waals surface area contributed by atoms with Gasteiger partial charge in [-0.2, -0.15) is 0 Å². The lowest BCUT2D eigenvalue weighted by Gasteiger charge is -2.16. The van der Waals surface area contributed by atoms with Crippen molar-refractivity contribution in [3.8, 4) is 5.75 Å². The van der Waals surface area contributed by atoms with Crippen LogP contribution in [0, 0.1) is 5.92 Å². The summed E-state index contributed by atoms with van der Waals surface area (Å²) in [6.45, 7) is 7.11. The molecule has 2 N–H and O–H groups in total. The second-order valence-electron chi connectivity index (χ2n) is 4.26. The minimum absolute atomic E-state index is 0.0772. The van der Waals surface area contributed by atoms with Crippen molar-refractivity contribution < 1.29 is 4.74 Å². The highest BCUT2D eigenvalue weighted by atomic mass is 16.5. The fourth-order valence-corrected chi connectivity index (χ4v) is 1.39. The van der Waals surface area contributed by atoms with Crippen molar-refractivity contribution >= 4 is 0 Å². The number of hydrogen-bond donors (Lipinski definition) is 1. The van der Waals surface area contributed by atoms with Gasteiger partial charge < -0.3 is 10.5 Å². The number of para-hydroxylation sites is 1. The van der Waals surface area contributed by atoms with Gasteiger partial charge in [0.1, 0.15) is 5.75 Å². The Labute approximate surface area is 92.4 Å². The van der Waals surface area contributed by atoms with Crippen molar-refractivity contribution in [3.63, 3.8) is 0 Å². The van der Waals surface area contributed by atoms with Crippen LogP contribution in [-0.4, -0.2) is 6.61 Å². The molecule has 0 aliphatic heterocycles. The third-order valence-corrected chi connectivity index (χ3v) is 2.33. The highest BCUT2D eigenvalue weighted by Crippen LogP contribution is 2.25. The molecule has 2 heteroatoms. The summed E-state index contributed by atoms with van der Waals surface area (Å²) in [5, 5.41) is 0. The Hall–Kier alpha value is -1.02. The zero-order chi connectivity index (χ0) is 11.3. The monoisotopic (exact) mass is 207 g/mol. The summed E-state index contributed by atoms with van der Waals surface area (Å²) in [5.74, 6) is 1.47. The van der Waals surface area contributed by atoms with Crippen LogP contribution >= 0.6 is 0 Å². The van der Waals surface area contributed by atoms with E-state index in [1.165, 1.54) is 0 Å². The number of rotatable bonds is 5. The topological polar surface area (TPSA) is 35.2 Å². The fraction of sp³-hybridized carbons (Fsp3) is 0.538. The summed E-state index contributed by atoms with van der Waals surface area (Å²) in [6.07, 6.45) is 0.933. The van der Waals surface area contributed by atoms with E-state index in [9.17, 15) is 0 Å². The standard InChI is InChI=1S/C13H21NO/c1-4-12(14)11-7-5-6-8-13(11)15-9-10(2)3/h5-8,10,12H,4,9,14H2,1-3H3/t12-/m0/s1. The van der Waals surface area contributed by atoms with Gasteiger partial charge in [-0.1, -0.05) is 39.0 Å². The lowest BCUT2D eigenvalue weighted by Crippen LogP contribution is -2.12. The smallest absolute Gasteiger partial charge is 0.124 e. The average Bonchev–Trinajstić information content (AvgIpc) is 2.25. The molecule has 0 amide bonds. The molecule has 0 radical (unpaired) electrons. The maximum atomic E-state index is 6.02. The predicted octanol–water partition coefficient (Wildman–Crippen LogP) is 3.13. The van der Waals surface area contributed by atoms with Gasteiger partial charge in [0.2, 0.25) is 0 Å². The van der Waals surface area contributed by atoms with Gasteiger partial charge in [-0.3, -0.25) is 0 Å². The number of hydrogen-bond acceptors (Lipinski definition) is 2. The van der Waals surface area contributed by atoms with Crippen molar-refractivity contribution in [2.24, 2.45) is 11.7 Å². The van der Waals surface area contributed by atoms with Gasteiger partial charge in [-0.15, -0.1) is 0 Å². The van der Waals surface area contributed by atoms with Gasteiger partial charge in [0.15, 0.2) is 0 Å². The molecule has 0 heterocycles. The summed E-state index contributed by atoms with van der Waals surface area (Å²) in [5.41, 5.74) is 7.13. The van der Waals surface area contributed by atoms with Gasteiger partial charge >= 0.3 is 0 Å². The van der Waals surface area contributed by atoms with Crippen molar-refractivity contribution in [2.45, 2.75) is 33.2 Å². The SMILES string of the molecule is CC[C@H](N)c1ccccc1OCC(C)C. The Morgan fingerprint density at radius 1 is 1.27 bits per heavy atom. The quantitative estimate of drug-likeness (QED) is 0.805. The van der Waals surface area contributed by atoms with E-state index in [1.807, 2.05) is 24.3 Å². The third kappa shape index (κ3) is 3.56. The van der Waals surface area contributed by atoms with Crippen LogP contribution in [0.3, 0.4) is 0 Å². The zero-order valence-electron chi connectivity index (χ0n) is 9.86. The molecule has 1 atom stereocenters. The van der Waals surface area contributed by atoms with Gasteiger partial charge in [-0.25, -0.2) is 0 Å². The molecule has 0 unspecified atom stereocenters. The molecular weight excluding hydrogens is 186 g/mol. The van der Waals surface area contributed by atoms with Crippen molar-refractivity contribution in [2.75, 3.05) is 6.61 Å². The van der Waals surface area contributed by atoms with E-state index in [1.54, 1.807) is 0 Å². The van der Waals surface area contributed by atoms with Crippen LogP contribution in [0.1, 0.15) is 38.8 Å². The molecule has 0 saturated heterocycles. The molecule has 1 rings (SSSR count). The van der Waals surface area contributed by atoms with E-state index in [-0.39, 0.29) is 6.04 Å². The Morgan fingerprint density at radius 3 is 2.53 bits per heavy atom. The molecule has 15 heavy (non-hydrogen) atoms. The first kappa shape index (κ1) is 12.1. The van der Waals surface area contributed by atoms with Crippen molar-refractivity contribution in [1.29, 1.82) is 0 Å². The highest BCUT2D eigenvalue weighted by Gasteiger charge is 2.09. The Kier molecular flexibility index (Phi) is 4.63. The summed E-state index contributed by atoms with van der Waals surface area (Å²) < 4.78 is 5.74. The van der Waals surface area contributed by atoms with E-state index < -0.39 is 0 Å². The minimum atomic E-state index is 0.0772. The Morgan fingerprint density at radius 2 is 1.93 bits per heavy atom. The van der Waals surface area contributed by atoms with Crippen LogP contribution in [0.4, 0.5) is 0 Å². The minimum Gasteiger partial charge on any atom is -0.493 e. The zero-order valence-corrected chi connectivity index (χ0v) is 9.86. The molecular formula is C13H21NO. The van der Waals surface area contributed by atoms with Crippen LogP contribution < -0.4 is 10.5 Å². The maximum absolute atomic E-state index is 6.02. The molecule has 1 aromatic carbocycles. The number of nitrogens with two attached hydrogens (primary N) is 1. The van der Waals surface area contributed by atoms with Crippen molar-refractivity contribution in [1.82, 2.24) is 0 Å². The Balaban J connectivity index is 2.77. The van der Waals surface area contributed by atoms with E-state index in [0.29, 0.717) is 5.92 Å². The molecule has 0 saturated carbocycles. The summed E-state index contributed by atoms with van der Waals surface area (Å²) in [7, 11) is 0. The van der Waals surface area contributed by atoms with E-state index in [0.717, 1.165) is 24.3 Å². The first-order chi connectivity index (χ1) is 7.15. The summed E-state index contributed by atoms with van der Waals surface area (Å²) >= 11 is 0. The third-order valence-electron chi connectivity index (χ3n) is 2.33. The van der Waals surface area contributed by atoms with Crippen LogP contribution in [-0.2, 0) is 0 Å². The average molecular weight is 207 g/mol. The van der Waals surface area contributed by atoms with Crippen LogP contribution in [0.15, 0.2) is 24.3 Å². The first-order valence-electron chi connectivity index (χ1n) is 5.62. The van der Waals surface area contributed by atoms with E-state index in [2.05, 4.69) is 20.8 Å². The van der Waals surface area contributed by atoms with E-state index >= 15 is 0 Å². The van der Waals surface area contributed by atoms with E-state index in [4.69, 9.17) is 10.5 Å². The second-order valence-corrected chi connectivity index (χ2v) is 4.26. The van der Waals surface area contributed by atoms with Crippen LogP contribution in [0.25, 0.3) is 0 Å². The van der Waals surface area contributed by atoms with Crippen LogP contribution in [0.5, 0.6) is 5.75 Å². The fourth-order valence-electron chi connectivity index (χ4n) is 1.39. The summed E-state index contributed by atoms with van der Waals surface area (Å²) in [4.78, 5) is 0. The first-order valence-corrected chi connectivity index (χ1v) is 5.62. The highest BCUT2D eigenvalue weighted by molar-refractivity contribution is 5.35. The predicted molar refractivity (Wildman–Crippen MR) is 64.0 cm³/mol. The molecule has 1 aromatic rings. The van der Waals surface area contributed by atoms with Gasteiger partial charge in [0, 0.05) is 11.6 Å². The molecule has 0 fully saturated rings. The Bertz CT molecular complexity index is 296. The van der Waals surface area contributed by atoms with Gasteiger partial charge in [-0.05, 0) is 18.4 Å². The molecule has 84 valence electrons. The van der Waals surface area contributed by atoms with Gasteiger partial charge in [0.25, 0.3) is 0 Å². The lowest BCUT2D eigenvalue weighted by atomic mass is 10.0. The lowest BCUT2D eigenvalue weighted by molar-refractivity contribution is 0.267. The normalized spacial score (nSPS) is 12.9. The van der Waals surface area contributed by atoms with Gasteiger partial charge in [0.05, 0.1) is 6.61 Å². The molecule has 2 nitrogen and oxygen atoms in total. The molecule has 0 bridgehead atoms. The second kappa shape index (κ2) is 5.76. The molecule has 0 aromatic heterocycles.